The van der Waals surface area contributed by atoms with Crippen molar-refractivity contribution in [1.82, 2.24) is 29.7 Å². The average molecular weight is 434 g/mol. The molecule has 1 aliphatic rings. The molecule has 31 heavy (non-hydrogen) atoms. The van der Waals surface area contributed by atoms with Gasteiger partial charge < -0.3 is 10.0 Å². The number of nitrogens with zero attached hydrogens (tertiary/aromatic N) is 6. The zero-order valence-corrected chi connectivity index (χ0v) is 16.6. The van der Waals surface area contributed by atoms with Crippen molar-refractivity contribution in [2.45, 2.75) is 44.1 Å². The number of para-hydroxylation sites is 1. The van der Waals surface area contributed by atoms with Crippen LogP contribution in [0.3, 0.4) is 0 Å². The van der Waals surface area contributed by atoms with E-state index in [1.807, 2.05) is 6.92 Å². The van der Waals surface area contributed by atoms with Crippen LogP contribution in [0.5, 0.6) is 0 Å². The van der Waals surface area contributed by atoms with Gasteiger partial charge in [-0.15, -0.1) is 0 Å². The van der Waals surface area contributed by atoms with E-state index in [2.05, 4.69) is 15.3 Å². The Morgan fingerprint density at radius 1 is 1.16 bits per heavy atom. The number of amides is 1. The molecule has 1 aromatic carbocycles. The number of aliphatic hydroxyl groups excluding tert-OH is 1. The summed E-state index contributed by atoms with van der Waals surface area (Å²) in [4.78, 5) is 16.5. The minimum Gasteiger partial charge on any atom is -0.379 e. The number of rotatable bonds is 4. The van der Waals surface area contributed by atoms with E-state index in [1.165, 1.54) is 28.1 Å². The summed E-state index contributed by atoms with van der Waals surface area (Å²) < 4.78 is 39.8. The molecule has 1 amide bonds. The molecule has 164 valence electrons. The molecule has 1 fully saturated rings. The van der Waals surface area contributed by atoms with Crippen LogP contribution in [0.4, 0.5) is 13.2 Å². The molecule has 8 nitrogen and oxygen atoms in total. The Bertz CT molecular complexity index is 1050. The molecule has 3 aromatic rings. The normalized spacial score (nSPS) is 20.6. The largest absolute Gasteiger partial charge is 0.418 e. The molecule has 11 heteroatoms. The second-order valence-corrected chi connectivity index (χ2v) is 7.57. The highest BCUT2D eigenvalue weighted by molar-refractivity contribution is 5.98. The molecule has 0 aliphatic carbocycles. The zero-order valence-electron chi connectivity index (χ0n) is 16.6. The van der Waals surface area contributed by atoms with Crippen LogP contribution >= 0.6 is 0 Å². The van der Waals surface area contributed by atoms with Crippen LogP contribution in [-0.4, -0.2) is 59.5 Å². The Morgan fingerprint density at radius 2 is 1.87 bits per heavy atom. The minimum atomic E-state index is -4.76. The van der Waals surface area contributed by atoms with E-state index in [4.69, 9.17) is 0 Å². The summed E-state index contributed by atoms with van der Waals surface area (Å²) in [7, 11) is 0. The zero-order chi connectivity index (χ0) is 22.2. The number of piperidine rings is 1. The van der Waals surface area contributed by atoms with Gasteiger partial charge in [0.1, 0.15) is 0 Å². The SMILES string of the molecule is C[C@@H]1CC[C@@H](n2cc(C(O)C(F)(F)F)cn2)CN1C(=O)c1ccccc1-n1nccn1. The Kier molecular flexibility index (Phi) is 5.52. The van der Waals surface area contributed by atoms with Crippen LogP contribution in [-0.2, 0) is 0 Å². The number of carbonyl (C=O) groups is 1. The Hall–Kier alpha value is -3.21. The van der Waals surface area contributed by atoms with Crippen LogP contribution < -0.4 is 0 Å². The van der Waals surface area contributed by atoms with Gasteiger partial charge in [0.15, 0.2) is 6.10 Å². The fourth-order valence-corrected chi connectivity index (χ4v) is 3.79. The van der Waals surface area contributed by atoms with Gasteiger partial charge in [-0.3, -0.25) is 9.48 Å². The molecule has 1 unspecified atom stereocenters. The molecule has 0 saturated carbocycles. The van der Waals surface area contributed by atoms with Gasteiger partial charge in [0.2, 0.25) is 0 Å². The van der Waals surface area contributed by atoms with E-state index in [1.54, 1.807) is 29.2 Å². The van der Waals surface area contributed by atoms with Gasteiger partial charge in [0.25, 0.3) is 5.91 Å². The van der Waals surface area contributed by atoms with Gasteiger partial charge in [-0.1, -0.05) is 12.1 Å². The molecule has 2 aromatic heterocycles. The molecule has 3 atom stereocenters. The first-order valence-electron chi connectivity index (χ1n) is 9.81. The minimum absolute atomic E-state index is 0.0572. The molecule has 1 saturated heterocycles. The Balaban J connectivity index is 1.57. The summed E-state index contributed by atoms with van der Waals surface area (Å²) >= 11 is 0. The van der Waals surface area contributed by atoms with E-state index in [9.17, 15) is 23.1 Å². The highest BCUT2D eigenvalue weighted by Gasteiger charge is 2.40. The highest BCUT2D eigenvalue weighted by atomic mass is 19.4. The second kappa shape index (κ2) is 8.14. The lowest BCUT2D eigenvalue weighted by atomic mass is 9.98. The number of alkyl halides is 3. The molecule has 4 rings (SSSR count). The van der Waals surface area contributed by atoms with E-state index >= 15 is 0 Å². The predicted octanol–water partition coefficient (Wildman–Crippen LogP) is 2.93. The summed E-state index contributed by atoms with van der Waals surface area (Å²) in [5, 5.41) is 21.7. The molecular formula is C20H21F3N6O2. The van der Waals surface area contributed by atoms with Crippen LogP contribution in [0, 0.1) is 0 Å². The van der Waals surface area contributed by atoms with E-state index < -0.39 is 12.3 Å². The fourth-order valence-electron chi connectivity index (χ4n) is 3.79. The lowest BCUT2D eigenvalue weighted by Gasteiger charge is -2.38. The number of aromatic nitrogens is 5. The van der Waals surface area contributed by atoms with Gasteiger partial charge in [-0.25, -0.2) is 0 Å². The number of aliphatic hydroxyl groups is 1. The van der Waals surface area contributed by atoms with Gasteiger partial charge >= 0.3 is 6.18 Å². The molecular weight excluding hydrogens is 413 g/mol. The van der Waals surface area contributed by atoms with Crippen molar-refractivity contribution in [3.8, 4) is 5.69 Å². The standard InChI is InChI=1S/C20H21F3N6O2/c1-13-6-7-15(28-11-14(10-26-28)18(30)20(21,22)23)12-27(13)19(31)16-4-2-3-5-17(16)29-24-8-9-25-29/h2-5,8-11,13,15,18,30H,6-7,12H2,1H3/t13-,15-,18?/m1/s1. The van der Waals surface area contributed by atoms with Crippen molar-refractivity contribution in [3.63, 3.8) is 0 Å². The average Bonchev–Trinajstić information content (AvgIpc) is 3.45. The van der Waals surface area contributed by atoms with Crippen molar-refractivity contribution in [2.24, 2.45) is 0 Å². The molecule has 0 bridgehead atoms. The third-order valence-corrected chi connectivity index (χ3v) is 5.51. The van der Waals surface area contributed by atoms with Gasteiger partial charge in [-0.05, 0) is 31.9 Å². The maximum atomic E-state index is 13.4. The quantitative estimate of drug-likeness (QED) is 0.682. The molecule has 1 N–H and O–H groups in total. The number of carbonyl (C=O) groups excluding carboxylic acids is 1. The number of hydrogen-bond acceptors (Lipinski definition) is 5. The summed E-state index contributed by atoms with van der Waals surface area (Å²) in [6.45, 7) is 2.22. The predicted molar refractivity (Wildman–Crippen MR) is 103 cm³/mol. The van der Waals surface area contributed by atoms with Crippen LogP contribution in [0.1, 0.15) is 47.8 Å². The van der Waals surface area contributed by atoms with Gasteiger partial charge in [0.05, 0.1) is 35.9 Å². The third kappa shape index (κ3) is 4.18. The van der Waals surface area contributed by atoms with Crippen LogP contribution in [0.15, 0.2) is 49.1 Å². The molecule has 0 radical (unpaired) electrons. The highest BCUT2D eigenvalue weighted by Crippen LogP contribution is 2.34. The van der Waals surface area contributed by atoms with Crippen molar-refractivity contribution >= 4 is 5.91 Å². The number of benzene rings is 1. The first-order valence-corrected chi connectivity index (χ1v) is 9.81. The van der Waals surface area contributed by atoms with Crippen molar-refractivity contribution in [3.05, 3.63) is 60.2 Å². The number of hydrogen-bond donors (Lipinski definition) is 1. The van der Waals surface area contributed by atoms with Gasteiger partial charge in [0, 0.05) is 24.3 Å². The fraction of sp³-hybridized carbons (Fsp3) is 0.400. The van der Waals surface area contributed by atoms with Crippen molar-refractivity contribution in [1.29, 1.82) is 0 Å². The first kappa shape index (κ1) is 21.0. The Labute approximate surface area is 175 Å². The van der Waals surface area contributed by atoms with Crippen molar-refractivity contribution < 1.29 is 23.1 Å². The maximum absolute atomic E-state index is 13.4. The second-order valence-electron chi connectivity index (χ2n) is 7.57. The first-order chi connectivity index (χ1) is 14.8. The van der Waals surface area contributed by atoms with Crippen molar-refractivity contribution in [2.75, 3.05) is 6.54 Å². The topological polar surface area (TPSA) is 89.1 Å². The molecule has 3 heterocycles. The number of likely N-dealkylation sites (tertiary alicyclic amines) is 1. The summed E-state index contributed by atoms with van der Waals surface area (Å²) in [5.74, 6) is -0.215. The number of halogens is 3. The summed E-state index contributed by atoms with van der Waals surface area (Å²) in [5.41, 5.74) is 0.653. The maximum Gasteiger partial charge on any atom is 0.418 e. The summed E-state index contributed by atoms with van der Waals surface area (Å²) in [6, 6.07) is 6.63. The lowest BCUT2D eigenvalue weighted by Crippen LogP contribution is -2.46. The molecule has 0 spiro atoms. The summed E-state index contributed by atoms with van der Waals surface area (Å²) in [6.07, 6.45) is -0.788. The molecule has 1 aliphatic heterocycles. The smallest absolute Gasteiger partial charge is 0.379 e. The van der Waals surface area contributed by atoms with E-state index in [0.29, 0.717) is 24.1 Å². The van der Waals surface area contributed by atoms with Gasteiger partial charge in [-0.2, -0.15) is 33.3 Å². The van der Waals surface area contributed by atoms with Crippen LogP contribution in [0.2, 0.25) is 0 Å². The lowest BCUT2D eigenvalue weighted by molar-refractivity contribution is -0.206. The Morgan fingerprint density at radius 3 is 2.58 bits per heavy atom. The third-order valence-electron chi connectivity index (χ3n) is 5.51. The van der Waals surface area contributed by atoms with E-state index in [-0.39, 0.29) is 30.1 Å². The van der Waals surface area contributed by atoms with Crippen LogP contribution in [0.25, 0.3) is 5.69 Å². The monoisotopic (exact) mass is 434 g/mol. The van der Waals surface area contributed by atoms with E-state index in [0.717, 1.165) is 6.20 Å².